The number of rotatable bonds is 4. The summed E-state index contributed by atoms with van der Waals surface area (Å²) in [6.45, 7) is 0. The Kier molecular flexibility index (Phi) is 4.50. The third kappa shape index (κ3) is 3.30. The SMILES string of the molecule is O=C1OC(c2ccccc2[N+](=O)[O-])=NC1=Cc1ccc(-c2ccccc2Cl)o1. The number of nitro benzene ring substituents is 1. The van der Waals surface area contributed by atoms with E-state index in [1.54, 1.807) is 24.3 Å². The van der Waals surface area contributed by atoms with Crippen molar-refractivity contribution in [2.75, 3.05) is 0 Å². The Bertz CT molecular complexity index is 1160. The predicted molar refractivity (Wildman–Crippen MR) is 103 cm³/mol. The number of halogens is 1. The normalized spacial score (nSPS) is 14.8. The number of cyclic esters (lactones) is 1. The van der Waals surface area contributed by atoms with Gasteiger partial charge >= 0.3 is 5.97 Å². The van der Waals surface area contributed by atoms with Crippen LogP contribution in [0.3, 0.4) is 0 Å². The van der Waals surface area contributed by atoms with Crippen LogP contribution in [0.2, 0.25) is 5.02 Å². The van der Waals surface area contributed by atoms with Gasteiger partial charge in [-0.25, -0.2) is 9.79 Å². The van der Waals surface area contributed by atoms with Gasteiger partial charge in [-0.05, 0) is 30.3 Å². The Morgan fingerprint density at radius 2 is 1.71 bits per heavy atom. The molecule has 1 aliphatic rings. The van der Waals surface area contributed by atoms with Crippen molar-refractivity contribution >= 4 is 35.2 Å². The molecule has 0 N–H and O–H groups in total. The summed E-state index contributed by atoms with van der Waals surface area (Å²) >= 11 is 6.16. The standard InChI is InChI=1S/C20H11ClN2O5/c21-15-7-3-1-5-13(15)18-10-9-12(27-18)11-16-20(24)28-19(22-16)14-6-2-4-8-17(14)23(25)26/h1-11H. The quantitative estimate of drug-likeness (QED) is 0.273. The van der Waals surface area contributed by atoms with E-state index in [1.165, 1.54) is 24.3 Å². The van der Waals surface area contributed by atoms with Gasteiger partial charge in [0.1, 0.15) is 17.1 Å². The highest BCUT2D eigenvalue weighted by Crippen LogP contribution is 2.30. The van der Waals surface area contributed by atoms with Crippen molar-refractivity contribution in [3.63, 3.8) is 0 Å². The van der Waals surface area contributed by atoms with Crippen molar-refractivity contribution in [1.29, 1.82) is 0 Å². The predicted octanol–water partition coefficient (Wildman–Crippen LogP) is 4.85. The first kappa shape index (κ1) is 17.7. The molecular weight excluding hydrogens is 384 g/mol. The third-order valence-electron chi connectivity index (χ3n) is 4.00. The molecule has 28 heavy (non-hydrogen) atoms. The van der Waals surface area contributed by atoms with Crippen LogP contribution in [0.25, 0.3) is 17.4 Å². The van der Waals surface area contributed by atoms with Gasteiger partial charge in [-0.1, -0.05) is 35.9 Å². The van der Waals surface area contributed by atoms with Crippen LogP contribution in [0.1, 0.15) is 11.3 Å². The summed E-state index contributed by atoms with van der Waals surface area (Å²) in [6, 6.07) is 16.5. The molecule has 0 spiro atoms. The maximum Gasteiger partial charge on any atom is 0.363 e. The number of benzene rings is 2. The van der Waals surface area contributed by atoms with E-state index in [4.69, 9.17) is 20.8 Å². The molecule has 2 aromatic carbocycles. The first-order chi connectivity index (χ1) is 13.5. The van der Waals surface area contributed by atoms with Crippen molar-refractivity contribution in [2.45, 2.75) is 0 Å². The van der Waals surface area contributed by atoms with E-state index in [-0.39, 0.29) is 22.8 Å². The van der Waals surface area contributed by atoms with Gasteiger partial charge in [-0.15, -0.1) is 0 Å². The lowest BCUT2D eigenvalue weighted by Gasteiger charge is -2.00. The Morgan fingerprint density at radius 3 is 2.46 bits per heavy atom. The molecule has 138 valence electrons. The number of nitro groups is 1. The molecule has 0 atom stereocenters. The lowest BCUT2D eigenvalue weighted by molar-refractivity contribution is -0.385. The molecule has 8 heteroatoms. The number of hydrogen-bond acceptors (Lipinski definition) is 6. The fourth-order valence-corrected chi connectivity index (χ4v) is 2.94. The fraction of sp³-hybridized carbons (Fsp3) is 0. The van der Waals surface area contributed by atoms with Crippen molar-refractivity contribution in [3.05, 3.63) is 92.8 Å². The highest BCUT2D eigenvalue weighted by Gasteiger charge is 2.29. The second-order valence-electron chi connectivity index (χ2n) is 5.79. The van der Waals surface area contributed by atoms with Gasteiger partial charge in [0, 0.05) is 17.7 Å². The number of furan rings is 1. The fourth-order valence-electron chi connectivity index (χ4n) is 2.71. The average Bonchev–Trinajstić information content (AvgIpc) is 3.29. The van der Waals surface area contributed by atoms with Crippen molar-refractivity contribution < 1.29 is 18.9 Å². The Labute approximate surface area is 163 Å². The van der Waals surface area contributed by atoms with Crippen LogP contribution in [-0.4, -0.2) is 16.8 Å². The first-order valence-corrected chi connectivity index (χ1v) is 8.52. The number of hydrogen-bond donors (Lipinski definition) is 0. The molecule has 0 unspecified atom stereocenters. The van der Waals surface area contributed by atoms with Crippen LogP contribution in [0, 0.1) is 10.1 Å². The second-order valence-corrected chi connectivity index (χ2v) is 6.20. The van der Waals surface area contributed by atoms with E-state index in [2.05, 4.69) is 4.99 Å². The Balaban J connectivity index is 1.67. The lowest BCUT2D eigenvalue weighted by Crippen LogP contribution is -2.07. The molecule has 0 radical (unpaired) electrons. The van der Waals surface area contributed by atoms with Gasteiger partial charge in [0.25, 0.3) is 5.69 Å². The lowest BCUT2D eigenvalue weighted by atomic mass is 10.2. The topological polar surface area (TPSA) is 94.9 Å². The van der Waals surface area contributed by atoms with Gasteiger partial charge in [-0.3, -0.25) is 10.1 Å². The minimum absolute atomic E-state index is 0.0202. The Hall–Kier alpha value is -3.71. The van der Waals surface area contributed by atoms with Crippen LogP contribution in [-0.2, 0) is 9.53 Å². The summed E-state index contributed by atoms with van der Waals surface area (Å²) < 4.78 is 10.8. The highest BCUT2D eigenvalue weighted by atomic mass is 35.5. The molecule has 0 fully saturated rings. The third-order valence-corrected chi connectivity index (χ3v) is 4.33. The van der Waals surface area contributed by atoms with E-state index in [9.17, 15) is 14.9 Å². The zero-order valence-corrected chi connectivity index (χ0v) is 14.9. The van der Waals surface area contributed by atoms with Crippen LogP contribution in [0.4, 0.5) is 5.69 Å². The average molecular weight is 395 g/mol. The van der Waals surface area contributed by atoms with Gasteiger partial charge in [0.05, 0.1) is 9.95 Å². The molecule has 0 saturated carbocycles. The minimum Gasteiger partial charge on any atom is -0.457 e. The number of ether oxygens (including phenoxy) is 1. The number of aliphatic imine (C=N–C) groups is 1. The molecule has 1 aromatic heterocycles. The number of carbonyl (C=O) groups is 1. The highest BCUT2D eigenvalue weighted by molar-refractivity contribution is 6.33. The molecule has 3 aromatic rings. The molecule has 7 nitrogen and oxygen atoms in total. The molecule has 0 saturated heterocycles. The van der Waals surface area contributed by atoms with Gasteiger partial charge in [0.15, 0.2) is 5.70 Å². The molecular formula is C20H11ClN2O5. The molecule has 2 heterocycles. The van der Waals surface area contributed by atoms with Crippen LogP contribution in [0.5, 0.6) is 0 Å². The molecule has 4 rings (SSSR count). The molecule has 1 aliphatic heterocycles. The number of carbonyl (C=O) groups excluding carboxylic acids is 1. The summed E-state index contributed by atoms with van der Waals surface area (Å²) in [5.41, 5.74) is 0.620. The first-order valence-electron chi connectivity index (χ1n) is 8.14. The number of nitrogens with zero attached hydrogens (tertiary/aromatic N) is 2. The van der Waals surface area contributed by atoms with E-state index in [1.807, 2.05) is 18.2 Å². The van der Waals surface area contributed by atoms with Gasteiger partial charge < -0.3 is 9.15 Å². The largest absolute Gasteiger partial charge is 0.457 e. The molecule has 0 aliphatic carbocycles. The van der Waals surface area contributed by atoms with Crippen molar-refractivity contribution in [3.8, 4) is 11.3 Å². The smallest absolute Gasteiger partial charge is 0.363 e. The maximum atomic E-state index is 12.1. The second kappa shape index (κ2) is 7.13. The zero-order chi connectivity index (χ0) is 19.7. The maximum absolute atomic E-state index is 12.1. The number of para-hydroxylation sites is 1. The molecule has 0 bridgehead atoms. The van der Waals surface area contributed by atoms with Gasteiger partial charge in [-0.2, -0.15) is 0 Å². The number of esters is 1. The summed E-state index contributed by atoms with van der Waals surface area (Å²) in [7, 11) is 0. The van der Waals surface area contributed by atoms with Crippen LogP contribution in [0.15, 0.2) is 75.8 Å². The summed E-state index contributed by atoms with van der Waals surface area (Å²) in [5.74, 6) is 0.0615. The monoisotopic (exact) mass is 394 g/mol. The Morgan fingerprint density at radius 1 is 1.00 bits per heavy atom. The minimum atomic E-state index is -0.719. The van der Waals surface area contributed by atoms with Crippen LogP contribution < -0.4 is 0 Å². The van der Waals surface area contributed by atoms with Crippen LogP contribution >= 0.6 is 11.6 Å². The van der Waals surface area contributed by atoms with E-state index in [0.717, 1.165) is 0 Å². The summed E-state index contributed by atoms with van der Waals surface area (Å²) in [4.78, 5) is 26.8. The zero-order valence-electron chi connectivity index (χ0n) is 14.2. The van der Waals surface area contributed by atoms with E-state index in [0.29, 0.717) is 22.1 Å². The van der Waals surface area contributed by atoms with Crippen molar-refractivity contribution in [2.24, 2.45) is 4.99 Å². The van der Waals surface area contributed by atoms with Gasteiger partial charge in [0.2, 0.25) is 5.90 Å². The summed E-state index contributed by atoms with van der Waals surface area (Å²) in [5, 5.41) is 11.7. The van der Waals surface area contributed by atoms with Crippen molar-refractivity contribution in [1.82, 2.24) is 0 Å². The molecule has 0 amide bonds. The van der Waals surface area contributed by atoms with E-state index < -0.39 is 10.9 Å². The van der Waals surface area contributed by atoms with E-state index >= 15 is 0 Å². The summed E-state index contributed by atoms with van der Waals surface area (Å²) in [6.07, 6.45) is 1.41.